The highest BCUT2D eigenvalue weighted by atomic mass is 35.5. The van der Waals surface area contributed by atoms with E-state index in [0.29, 0.717) is 27.8 Å². The van der Waals surface area contributed by atoms with Crippen molar-refractivity contribution in [2.75, 3.05) is 30.7 Å². The number of hydrogen-bond donors (Lipinski definition) is 2. The average Bonchev–Trinajstić information content (AvgIpc) is 2.69. The third-order valence-corrected chi connectivity index (χ3v) is 4.22. The van der Waals surface area contributed by atoms with E-state index in [-0.39, 0.29) is 5.91 Å². The number of nitrogens with two attached hydrogens (primary N) is 1. The van der Waals surface area contributed by atoms with Crippen LogP contribution in [-0.4, -0.2) is 30.4 Å². The summed E-state index contributed by atoms with van der Waals surface area (Å²) in [5.41, 5.74) is 6.67. The fourth-order valence-electron chi connectivity index (χ4n) is 2.55. The smallest absolute Gasteiger partial charge is 0.225 e. The molecular formula is C15H21Cl2N3O. The van der Waals surface area contributed by atoms with E-state index in [9.17, 15) is 4.79 Å². The van der Waals surface area contributed by atoms with Gasteiger partial charge < -0.3 is 16.0 Å². The summed E-state index contributed by atoms with van der Waals surface area (Å²) in [5, 5.41) is 3.60. The molecule has 0 bridgehead atoms. The molecule has 1 saturated heterocycles. The zero-order chi connectivity index (χ0) is 15.2. The van der Waals surface area contributed by atoms with Crippen LogP contribution in [0.3, 0.4) is 0 Å². The number of likely N-dealkylation sites (tertiary alicyclic amines) is 1. The van der Waals surface area contributed by atoms with Gasteiger partial charge in [0.05, 0.1) is 16.4 Å². The summed E-state index contributed by atoms with van der Waals surface area (Å²) in [6, 6.07) is 3.15. The molecule has 1 fully saturated rings. The van der Waals surface area contributed by atoms with Crippen LogP contribution in [0, 0.1) is 0 Å². The van der Waals surface area contributed by atoms with E-state index in [2.05, 4.69) is 10.2 Å². The van der Waals surface area contributed by atoms with Crippen LogP contribution in [-0.2, 0) is 4.79 Å². The van der Waals surface area contributed by atoms with Gasteiger partial charge in [-0.25, -0.2) is 0 Å². The lowest BCUT2D eigenvalue weighted by Gasteiger charge is -2.19. The molecule has 6 heteroatoms. The van der Waals surface area contributed by atoms with Crippen molar-refractivity contribution in [3.63, 3.8) is 0 Å². The highest BCUT2D eigenvalue weighted by Crippen LogP contribution is 2.32. The van der Waals surface area contributed by atoms with Gasteiger partial charge in [-0.05, 0) is 38.1 Å². The summed E-state index contributed by atoms with van der Waals surface area (Å²) in [6.07, 6.45) is 5.47. The summed E-state index contributed by atoms with van der Waals surface area (Å²) < 4.78 is 0. The lowest BCUT2D eigenvalue weighted by molar-refractivity contribution is -0.116. The predicted molar refractivity (Wildman–Crippen MR) is 89.0 cm³/mol. The third-order valence-electron chi connectivity index (χ3n) is 3.70. The van der Waals surface area contributed by atoms with Crippen molar-refractivity contribution in [1.82, 2.24) is 4.90 Å². The Labute approximate surface area is 135 Å². The van der Waals surface area contributed by atoms with Gasteiger partial charge in [0.1, 0.15) is 0 Å². The Morgan fingerprint density at radius 3 is 2.48 bits per heavy atom. The molecule has 3 N–H and O–H groups in total. The van der Waals surface area contributed by atoms with Crippen molar-refractivity contribution in [2.45, 2.75) is 32.1 Å². The Morgan fingerprint density at radius 2 is 1.86 bits per heavy atom. The van der Waals surface area contributed by atoms with Crippen LogP contribution in [0.4, 0.5) is 11.4 Å². The molecule has 0 atom stereocenters. The van der Waals surface area contributed by atoms with E-state index in [1.807, 2.05) is 0 Å². The molecule has 116 valence electrons. The van der Waals surface area contributed by atoms with Crippen molar-refractivity contribution in [3.05, 3.63) is 22.2 Å². The topological polar surface area (TPSA) is 58.4 Å². The Kier molecular flexibility index (Phi) is 6.15. The van der Waals surface area contributed by atoms with Gasteiger partial charge >= 0.3 is 0 Å². The van der Waals surface area contributed by atoms with Crippen LogP contribution in [0.2, 0.25) is 10.0 Å². The van der Waals surface area contributed by atoms with E-state index in [0.717, 1.165) is 19.6 Å². The van der Waals surface area contributed by atoms with Crippen molar-refractivity contribution in [1.29, 1.82) is 0 Å². The summed E-state index contributed by atoms with van der Waals surface area (Å²) in [7, 11) is 0. The quantitative estimate of drug-likeness (QED) is 0.826. The average molecular weight is 330 g/mol. The van der Waals surface area contributed by atoms with Gasteiger partial charge in [-0.1, -0.05) is 36.0 Å². The predicted octanol–water partition coefficient (Wildman–Crippen LogP) is 3.78. The zero-order valence-corrected chi connectivity index (χ0v) is 13.5. The maximum atomic E-state index is 12.0. The van der Waals surface area contributed by atoms with E-state index in [1.54, 1.807) is 12.1 Å². The number of anilines is 2. The van der Waals surface area contributed by atoms with Gasteiger partial charge in [0.15, 0.2) is 0 Å². The van der Waals surface area contributed by atoms with Gasteiger partial charge in [0.2, 0.25) is 5.91 Å². The van der Waals surface area contributed by atoms with Gasteiger partial charge in [-0.15, -0.1) is 0 Å². The lowest BCUT2D eigenvalue weighted by Crippen LogP contribution is -2.28. The maximum Gasteiger partial charge on any atom is 0.225 e. The highest BCUT2D eigenvalue weighted by molar-refractivity contribution is 6.37. The van der Waals surface area contributed by atoms with Crippen LogP contribution in [0.15, 0.2) is 12.1 Å². The fourth-order valence-corrected chi connectivity index (χ4v) is 3.10. The van der Waals surface area contributed by atoms with Gasteiger partial charge in [-0.2, -0.15) is 0 Å². The number of hydrogen-bond acceptors (Lipinski definition) is 3. The number of rotatable bonds is 4. The molecule has 4 nitrogen and oxygen atoms in total. The number of amides is 1. The van der Waals surface area contributed by atoms with Crippen LogP contribution in [0.1, 0.15) is 32.1 Å². The molecule has 0 saturated carbocycles. The molecule has 0 aromatic heterocycles. The van der Waals surface area contributed by atoms with E-state index < -0.39 is 0 Å². The first-order valence-corrected chi connectivity index (χ1v) is 8.08. The summed E-state index contributed by atoms with van der Waals surface area (Å²) in [5.74, 6) is -0.0739. The monoisotopic (exact) mass is 329 g/mol. The van der Waals surface area contributed by atoms with Crippen LogP contribution in [0.25, 0.3) is 0 Å². The van der Waals surface area contributed by atoms with Crippen molar-refractivity contribution in [3.8, 4) is 0 Å². The number of carbonyl (C=O) groups is 1. The van der Waals surface area contributed by atoms with E-state index in [4.69, 9.17) is 28.9 Å². The molecule has 1 amide bonds. The maximum absolute atomic E-state index is 12.0. The molecule has 0 aliphatic carbocycles. The number of benzene rings is 1. The fraction of sp³-hybridized carbons (Fsp3) is 0.533. The molecule has 1 aliphatic heterocycles. The van der Waals surface area contributed by atoms with Crippen molar-refractivity contribution in [2.24, 2.45) is 0 Å². The van der Waals surface area contributed by atoms with E-state index >= 15 is 0 Å². The minimum absolute atomic E-state index is 0.0739. The Morgan fingerprint density at radius 1 is 1.19 bits per heavy atom. The second-order valence-corrected chi connectivity index (χ2v) is 6.25. The number of nitrogens with zero attached hydrogens (tertiary/aromatic N) is 1. The number of halogens is 2. The second-order valence-electron chi connectivity index (χ2n) is 5.41. The first kappa shape index (κ1) is 16.4. The number of carbonyl (C=O) groups excluding carboxylic acids is 1. The normalized spacial score (nSPS) is 16.5. The third kappa shape index (κ3) is 5.06. The lowest BCUT2D eigenvalue weighted by atomic mass is 10.2. The molecule has 0 unspecified atom stereocenters. The van der Waals surface area contributed by atoms with Gasteiger partial charge in [-0.3, -0.25) is 4.79 Å². The minimum Gasteiger partial charge on any atom is -0.397 e. The minimum atomic E-state index is -0.0739. The van der Waals surface area contributed by atoms with Crippen molar-refractivity contribution < 1.29 is 4.79 Å². The Hall–Kier alpha value is -0.970. The molecule has 1 aromatic rings. The Bertz CT molecular complexity index is 477. The van der Waals surface area contributed by atoms with E-state index in [1.165, 1.54) is 25.7 Å². The molecule has 2 rings (SSSR count). The highest BCUT2D eigenvalue weighted by Gasteiger charge is 2.13. The molecule has 1 aromatic carbocycles. The summed E-state index contributed by atoms with van der Waals surface area (Å²) in [6.45, 7) is 2.94. The first-order valence-electron chi connectivity index (χ1n) is 7.33. The molecule has 0 radical (unpaired) electrons. The Balaban J connectivity index is 1.87. The summed E-state index contributed by atoms with van der Waals surface area (Å²) in [4.78, 5) is 14.4. The summed E-state index contributed by atoms with van der Waals surface area (Å²) >= 11 is 11.9. The van der Waals surface area contributed by atoms with Crippen LogP contribution >= 0.6 is 23.2 Å². The van der Waals surface area contributed by atoms with Crippen LogP contribution in [0.5, 0.6) is 0 Å². The number of nitrogens with one attached hydrogen (secondary N) is 1. The molecule has 1 heterocycles. The zero-order valence-electron chi connectivity index (χ0n) is 12.0. The van der Waals surface area contributed by atoms with Gasteiger partial charge in [0, 0.05) is 18.0 Å². The first-order chi connectivity index (χ1) is 10.1. The molecule has 1 aliphatic rings. The molecule has 0 spiro atoms. The molecule has 21 heavy (non-hydrogen) atoms. The SMILES string of the molecule is Nc1cc(Cl)cc(Cl)c1NC(=O)CCN1CCCCCC1. The van der Waals surface area contributed by atoms with Gasteiger partial charge in [0.25, 0.3) is 0 Å². The van der Waals surface area contributed by atoms with Crippen molar-refractivity contribution >= 4 is 40.5 Å². The molecular weight excluding hydrogens is 309 g/mol. The number of nitrogen functional groups attached to an aromatic ring is 1. The van der Waals surface area contributed by atoms with Crippen LogP contribution < -0.4 is 11.1 Å². The second kappa shape index (κ2) is 7.87. The largest absolute Gasteiger partial charge is 0.397 e. The standard InChI is InChI=1S/C15H21Cl2N3O/c16-11-9-12(17)15(13(18)10-11)19-14(21)5-8-20-6-3-1-2-4-7-20/h9-10H,1-8,18H2,(H,19,21).